The largest absolute Gasteiger partial charge is 0.309 e. The standard InChI is InChI=1S/C17H21N5O2S3/c1-8(2)11-5-10-14(24)18-12(19-16(10)26-11)6-25-7-13(23)20-17-22-21-15(27-17)9(3)4/h5,8-9H,6-7H2,1-4H3,(H,18,19,24)(H,20,22,23). The average Bonchev–Trinajstić information content (AvgIpc) is 3.22. The third-order valence-electron chi connectivity index (χ3n) is 3.69. The minimum absolute atomic E-state index is 0.127. The maximum atomic E-state index is 12.2. The molecule has 7 nitrogen and oxygen atoms in total. The van der Waals surface area contributed by atoms with Crippen LogP contribution in [0.5, 0.6) is 0 Å². The highest BCUT2D eigenvalue weighted by atomic mass is 32.2. The fourth-order valence-electron chi connectivity index (χ4n) is 2.26. The normalized spacial score (nSPS) is 11.6. The van der Waals surface area contributed by atoms with Crippen molar-refractivity contribution in [2.45, 2.75) is 45.3 Å². The second-order valence-electron chi connectivity index (χ2n) is 6.68. The summed E-state index contributed by atoms with van der Waals surface area (Å²) >= 11 is 4.33. The van der Waals surface area contributed by atoms with E-state index in [2.05, 4.69) is 39.3 Å². The van der Waals surface area contributed by atoms with Gasteiger partial charge in [-0.15, -0.1) is 33.3 Å². The highest BCUT2D eigenvalue weighted by molar-refractivity contribution is 7.99. The molecule has 0 aliphatic heterocycles. The van der Waals surface area contributed by atoms with Crippen molar-refractivity contribution in [1.29, 1.82) is 0 Å². The van der Waals surface area contributed by atoms with Crippen molar-refractivity contribution in [3.05, 3.63) is 32.1 Å². The molecule has 3 aromatic heterocycles. The van der Waals surface area contributed by atoms with E-state index < -0.39 is 0 Å². The van der Waals surface area contributed by atoms with Crippen LogP contribution in [-0.4, -0.2) is 31.8 Å². The number of fused-ring (bicyclic) bond motifs is 1. The maximum absolute atomic E-state index is 12.2. The Labute approximate surface area is 169 Å². The van der Waals surface area contributed by atoms with Crippen LogP contribution < -0.4 is 10.9 Å². The van der Waals surface area contributed by atoms with Crippen molar-refractivity contribution in [3.8, 4) is 0 Å². The molecule has 2 N–H and O–H groups in total. The highest BCUT2D eigenvalue weighted by Crippen LogP contribution is 2.28. The summed E-state index contributed by atoms with van der Waals surface area (Å²) < 4.78 is 0. The molecule has 0 unspecified atom stereocenters. The van der Waals surface area contributed by atoms with Gasteiger partial charge >= 0.3 is 0 Å². The molecule has 3 heterocycles. The van der Waals surface area contributed by atoms with Gasteiger partial charge in [0.05, 0.1) is 16.9 Å². The Morgan fingerprint density at radius 3 is 2.67 bits per heavy atom. The smallest absolute Gasteiger partial charge is 0.259 e. The van der Waals surface area contributed by atoms with E-state index in [0.29, 0.717) is 28.0 Å². The molecule has 0 aliphatic rings. The van der Waals surface area contributed by atoms with E-state index in [9.17, 15) is 9.59 Å². The van der Waals surface area contributed by atoms with Gasteiger partial charge in [0.1, 0.15) is 15.7 Å². The Morgan fingerprint density at radius 1 is 1.22 bits per heavy atom. The molecule has 0 bridgehead atoms. The molecule has 0 atom stereocenters. The molecule has 0 saturated heterocycles. The number of rotatable bonds is 7. The van der Waals surface area contributed by atoms with E-state index in [1.54, 1.807) is 11.3 Å². The molecule has 1 amide bonds. The topological polar surface area (TPSA) is 101 Å². The molecule has 0 aliphatic carbocycles. The van der Waals surface area contributed by atoms with Crippen LogP contribution in [0.25, 0.3) is 10.2 Å². The molecular weight excluding hydrogens is 402 g/mol. The first-order valence-electron chi connectivity index (χ1n) is 8.57. The van der Waals surface area contributed by atoms with E-state index in [1.807, 2.05) is 19.9 Å². The van der Waals surface area contributed by atoms with Crippen molar-refractivity contribution >= 4 is 55.7 Å². The van der Waals surface area contributed by atoms with Gasteiger partial charge in [-0.1, -0.05) is 39.0 Å². The molecule has 144 valence electrons. The minimum atomic E-state index is -0.145. The number of hydrogen-bond acceptors (Lipinski definition) is 8. The van der Waals surface area contributed by atoms with Crippen LogP contribution in [0.1, 0.15) is 55.2 Å². The third-order valence-corrected chi connectivity index (χ3v) is 7.10. The van der Waals surface area contributed by atoms with Gasteiger partial charge in [-0.25, -0.2) is 4.98 Å². The SMILES string of the molecule is CC(C)c1cc2c(=O)[nH]c(CSCC(=O)Nc3nnc(C(C)C)s3)nc2s1. The van der Waals surface area contributed by atoms with Crippen molar-refractivity contribution in [1.82, 2.24) is 20.2 Å². The molecule has 10 heteroatoms. The third kappa shape index (κ3) is 4.94. The summed E-state index contributed by atoms with van der Waals surface area (Å²) in [7, 11) is 0. The second-order valence-corrected chi connectivity index (χ2v) is 9.73. The van der Waals surface area contributed by atoms with E-state index in [1.165, 1.54) is 23.1 Å². The molecule has 3 aromatic rings. The molecule has 0 saturated carbocycles. The van der Waals surface area contributed by atoms with Crippen LogP contribution in [0.2, 0.25) is 0 Å². The van der Waals surface area contributed by atoms with E-state index in [4.69, 9.17) is 0 Å². The monoisotopic (exact) mass is 423 g/mol. The van der Waals surface area contributed by atoms with Gasteiger partial charge in [0.25, 0.3) is 5.56 Å². The van der Waals surface area contributed by atoms with Gasteiger partial charge in [0.2, 0.25) is 11.0 Å². The summed E-state index contributed by atoms with van der Waals surface area (Å²) in [6.45, 7) is 8.25. The predicted molar refractivity (Wildman–Crippen MR) is 113 cm³/mol. The van der Waals surface area contributed by atoms with Crippen LogP contribution in [0, 0.1) is 0 Å². The van der Waals surface area contributed by atoms with Crippen molar-refractivity contribution in [3.63, 3.8) is 0 Å². The average molecular weight is 424 g/mol. The van der Waals surface area contributed by atoms with Gasteiger partial charge < -0.3 is 4.98 Å². The first kappa shape index (κ1) is 20.0. The number of carbonyl (C=O) groups excluding carboxylic acids is 1. The minimum Gasteiger partial charge on any atom is -0.309 e. The quantitative estimate of drug-likeness (QED) is 0.597. The van der Waals surface area contributed by atoms with Crippen LogP contribution in [0.15, 0.2) is 10.9 Å². The summed E-state index contributed by atoms with van der Waals surface area (Å²) in [6.07, 6.45) is 0. The van der Waals surface area contributed by atoms with E-state index in [-0.39, 0.29) is 23.1 Å². The fraction of sp³-hybridized carbons (Fsp3) is 0.471. The number of anilines is 1. The van der Waals surface area contributed by atoms with Gasteiger partial charge in [-0.2, -0.15) is 0 Å². The molecule has 0 fully saturated rings. The Kier molecular flexibility index (Phi) is 6.28. The fourth-order valence-corrected chi connectivity index (χ4v) is 4.77. The van der Waals surface area contributed by atoms with Gasteiger partial charge in [0.15, 0.2) is 0 Å². The lowest BCUT2D eigenvalue weighted by Crippen LogP contribution is -2.15. The van der Waals surface area contributed by atoms with Crippen molar-refractivity contribution < 1.29 is 4.79 Å². The number of carbonyl (C=O) groups is 1. The summed E-state index contributed by atoms with van der Waals surface area (Å²) in [4.78, 5) is 33.5. The maximum Gasteiger partial charge on any atom is 0.259 e. The van der Waals surface area contributed by atoms with Gasteiger partial charge in [0, 0.05) is 10.8 Å². The molecule has 0 aromatic carbocycles. The number of nitrogens with zero attached hydrogens (tertiary/aromatic N) is 3. The first-order valence-corrected chi connectivity index (χ1v) is 11.4. The summed E-state index contributed by atoms with van der Waals surface area (Å²) in [5, 5.41) is 12.8. The number of H-pyrrole nitrogens is 1. The van der Waals surface area contributed by atoms with Gasteiger partial charge in [-0.3, -0.25) is 14.9 Å². The molecular formula is C17H21N5O2S3. The second kappa shape index (κ2) is 8.49. The summed E-state index contributed by atoms with van der Waals surface area (Å²) in [6, 6.07) is 1.91. The molecule has 0 radical (unpaired) electrons. The first-order chi connectivity index (χ1) is 12.8. The number of thiophene rings is 1. The van der Waals surface area contributed by atoms with Crippen LogP contribution >= 0.6 is 34.4 Å². The predicted octanol–water partition coefficient (Wildman–Crippen LogP) is 3.95. The van der Waals surface area contributed by atoms with Crippen molar-refractivity contribution in [2.24, 2.45) is 0 Å². The van der Waals surface area contributed by atoms with Gasteiger partial charge in [-0.05, 0) is 12.0 Å². The number of amides is 1. The zero-order valence-corrected chi connectivity index (χ0v) is 18.0. The van der Waals surface area contributed by atoms with E-state index >= 15 is 0 Å². The lowest BCUT2D eigenvalue weighted by molar-refractivity contribution is -0.113. The Balaban J connectivity index is 1.58. The Bertz CT molecular complexity index is 1010. The highest BCUT2D eigenvalue weighted by Gasteiger charge is 2.13. The molecule has 27 heavy (non-hydrogen) atoms. The number of hydrogen-bond donors (Lipinski definition) is 2. The van der Waals surface area contributed by atoms with Crippen LogP contribution in [0.3, 0.4) is 0 Å². The van der Waals surface area contributed by atoms with E-state index in [0.717, 1.165) is 14.7 Å². The Hall–Kier alpha value is -1.78. The van der Waals surface area contributed by atoms with Crippen molar-refractivity contribution in [2.75, 3.05) is 11.1 Å². The zero-order valence-electron chi connectivity index (χ0n) is 15.5. The Morgan fingerprint density at radius 2 is 2.00 bits per heavy atom. The number of aromatic nitrogens is 4. The summed E-state index contributed by atoms with van der Waals surface area (Å²) in [5.41, 5.74) is -0.127. The molecule has 3 rings (SSSR count). The molecule has 0 spiro atoms. The number of aromatic amines is 1. The summed E-state index contributed by atoms with van der Waals surface area (Å²) in [5.74, 6) is 1.80. The lowest BCUT2D eigenvalue weighted by atomic mass is 10.2. The lowest BCUT2D eigenvalue weighted by Gasteiger charge is -2.02. The van der Waals surface area contributed by atoms with Crippen LogP contribution in [-0.2, 0) is 10.5 Å². The number of thioether (sulfide) groups is 1. The van der Waals surface area contributed by atoms with Crippen LogP contribution in [0.4, 0.5) is 5.13 Å². The number of nitrogens with one attached hydrogen (secondary N) is 2. The zero-order chi connectivity index (χ0) is 19.6.